The highest BCUT2D eigenvalue weighted by atomic mass is 32.1. The van der Waals surface area contributed by atoms with E-state index in [0.717, 1.165) is 0 Å². The predicted molar refractivity (Wildman–Crippen MR) is 282 cm³/mol. The van der Waals surface area contributed by atoms with Gasteiger partial charge >= 0.3 is 0 Å². The second-order valence-corrected chi connectivity index (χ2v) is 23.4. The molecule has 0 radical (unpaired) electrons. The Labute approximate surface area is 386 Å². The van der Waals surface area contributed by atoms with Crippen LogP contribution in [0.2, 0.25) is 0 Å². The first kappa shape index (κ1) is 42.1. The van der Waals surface area contributed by atoms with Gasteiger partial charge in [-0.15, -0.1) is 11.3 Å². The smallest absolute Gasteiger partial charge is 0.264 e. The maximum atomic E-state index is 2.64. The maximum Gasteiger partial charge on any atom is 0.264 e. The summed E-state index contributed by atoms with van der Waals surface area (Å²) in [5.41, 5.74) is 20.4. The molecule has 0 atom stereocenters. The van der Waals surface area contributed by atoms with Crippen LogP contribution < -0.4 is 25.5 Å². The zero-order chi connectivity index (χ0) is 45.1. The fraction of sp³-hybridized carbons (Fsp3) is 0.267. The zero-order valence-electron chi connectivity index (χ0n) is 39.8. The lowest BCUT2D eigenvalue weighted by molar-refractivity contribution is 0.590. The van der Waals surface area contributed by atoms with Gasteiger partial charge < -0.3 is 9.80 Å². The molecule has 0 bridgehead atoms. The molecule has 8 aromatic rings. The number of anilines is 6. The van der Waals surface area contributed by atoms with Crippen LogP contribution >= 0.6 is 11.3 Å². The first-order chi connectivity index (χ1) is 30.3. The maximum absolute atomic E-state index is 2.64. The number of rotatable bonds is 4. The number of hydrogen-bond donors (Lipinski definition) is 0. The van der Waals surface area contributed by atoms with Gasteiger partial charge in [-0.1, -0.05) is 180 Å². The number of thiophene rings is 1. The zero-order valence-corrected chi connectivity index (χ0v) is 40.6. The van der Waals surface area contributed by atoms with Crippen molar-refractivity contribution in [2.75, 3.05) is 9.80 Å². The first-order valence-electron chi connectivity index (χ1n) is 23.1. The number of nitrogens with zero attached hydrogens (tertiary/aromatic N) is 2. The lowest BCUT2D eigenvalue weighted by atomic mass is 9.36. The summed E-state index contributed by atoms with van der Waals surface area (Å²) in [7, 11) is 0. The van der Waals surface area contributed by atoms with Gasteiger partial charge in [0.25, 0.3) is 6.71 Å². The summed E-state index contributed by atoms with van der Waals surface area (Å²) < 4.78 is 2.73. The van der Waals surface area contributed by atoms with E-state index in [1.165, 1.54) is 104 Å². The molecule has 0 amide bonds. The van der Waals surface area contributed by atoms with E-state index in [1.54, 1.807) is 0 Å². The molecule has 7 aromatic carbocycles. The van der Waals surface area contributed by atoms with Gasteiger partial charge in [-0.05, 0) is 132 Å². The Morgan fingerprint density at radius 3 is 1.44 bits per heavy atom. The quantitative estimate of drug-likeness (QED) is 0.163. The molecule has 2 aliphatic rings. The van der Waals surface area contributed by atoms with Crippen LogP contribution in [0.25, 0.3) is 32.3 Å². The second-order valence-electron chi connectivity index (χ2n) is 22.3. The minimum atomic E-state index is -0.0254. The Morgan fingerprint density at radius 1 is 0.406 bits per heavy atom. The van der Waals surface area contributed by atoms with E-state index in [2.05, 4.69) is 245 Å². The minimum absolute atomic E-state index is 0.00164. The van der Waals surface area contributed by atoms with Gasteiger partial charge in [-0.25, -0.2) is 0 Å². The summed E-state index contributed by atoms with van der Waals surface area (Å²) in [6.45, 7) is 27.9. The molecular formula is C60H61BN2S. The molecule has 0 saturated carbocycles. The minimum Gasteiger partial charge on any atom is -0.311 e. The summed E-state index contributed by atoms with van der Waals surface area (Å²) >= 11 is 1.98. The van der Waals surface area contributed by atoms with Crippen LogP contribution in [0.15, 0.2) is 152 Å². The average molecular weight is 853 g/mol. The molecule has 2 aliphatic heterocycles. The van der Waals surface area contributed by atoms with Crippen molar-refractivity contribution in [3.63, 3.8) is 0 Å². The van der Waals surface area contributed by atoms with E-state index in [9.17, 15) is 0 Å². The third kappa shape index (κ3) is 7.10. The molecular weight excluding hydrogens is 792 g/mol. The number of hydrogen-bond acceptors (Lipinski definition) is 3. The molecule has 0 saturated heterocycles. The Bertz CT molecular complexity index is 3070. The monoisotopic (exact) mass is 852 g/mol. The molecule has 10 rings (SSSR count). The van der Waals surface area contributed by atoms with Gasteiger partial charge in [0, 0.05) is 43.3 Å². The molecule has 320 valence electrons. The van der Waals surface area contributed by atoms with Crippen LogP contribution in [-0.2, 0) is 21.7 Å². The molecule has 0 fully saturated rings. The highest BCUT2D eigenvalue weighted by Gasteiger charge is 2.46. The fourth-order valence-electron chi connectivity index (χ4n) is 9.95. The first-order valence-corrected chi connectivity index (χ1v) is 23.9. The van der Waals surface area contributed by atoms with E-state index in [1.807, 2.05) is 11.3 Å². The van der Waals surface area contributed by atoms with Crippen molar-refractivity contribution in [2.24, 2.45) is 0 Å². The Morgan fingerprint density at radius 2 is 0.875 bits per heavy atom. The summed E-state index contributed by atoms with van der Waals surface area (Å²) in [6, 6.07) is 58.3. The van der Waals surface area contributed by atoms with Crippen molar-refractivity contribution in [3.05, 3.63) is 174 Å². The molecule has 0 N–H and O–H groups in total. The Balaban J connectivity index is 1.36. The van der Waals surface area contributed by atoms with E-state index < -0.39 is 0 Å². The normalized spacial score (nSPS) is 13.8. The molecule has 3 heterocycles. The molecule has 0 unspecified atom stereocenters. The highest BCUT2D eigenvalue weighted by molar-refractivity contribution is 7.33. The predicted octanol–water partition coefficient (Wildman–Crippen LogP) is 15.5. The highest BCUT2D eigenvalue weighted by Crippen LogP contribution is 2.51. The Hall–Kier alpha value is -5.84. The van der Waals surface area contributed by atoms with Crippen LogP contribution in [0.3, 0.4) is 0 Å². The van der Waals surface area contributed by atoms with Gasteiger partial charge in [0.1, 0.15) is 0 Å². The van der Waals surface area contributed by atoms with Crippen molar-refractivity contribution in [1.29, 1.82) is 0 Å². The summed E-state index contributed by atoms with van der Waals surface area (Å²) in [6.07, 6.45) is 0. The second kappa shape index (κ2) is 14.9. The summed E-state index contributed by atoms with van der Waals surface area (Å²) in [5, 5.41) is 1.32. The van der Waals surface area contributed by atoms with Crippen LogP contribution in [0.5, 0.6) is 0 Å². The molecule has 4 heteroatoms. The molecule has 2 nitrogen and oxygen atoms in total. The average Bonchev–Trinajstić information content (AvgIpc) is 3.64. The Kier molecular flexibility index (Phi) is 9.78. The van der Waals surface area contributed by atoms with Crippen molar-refractivity contribution in [1.82, 2.24) is 0 Å². The lowest BCUT2D eigenvalue weighted by Gasteiger charge is -2.44. The van der Waals surface area contributed by atoms with Gasteiger partial charge in [-0.3, -0.25) is 0 Å². The van der Waals surface area contributed by atoms with Crippen molar-refractivity contribution < 1.29 is 0 Å². The van der Waals surface area contributed by atoms with E-state index in [4.69, 9.17) is 0 Å². The van der Waals surface area contributed by atoms with Crippen LogP contribution in [0, 0.1) is 0 Å². The molecule has 1 aromatic heterocycles. The van der Waals surface area contributed by atoms with Crippen LogP contribution in [0.1, 0.15) is 105 Å². The third-order valence-electron chi connectivity index (χ3n) is 13.7. The molecule has 0 aliphatic carbocycles. The van der Waals surface area contributed by atoms with Crippen molar-refractivity contribution in [2.45, 2.75) is 105 Å². The van der Waals surface area contributed by atoms with Crippen LogP contribution in [0.4, 0.5) is 34.1 Å². The van der Waals surface area contributed by atoms with Gasteiger partial charge in [0.05, 0.1) is 5.69 Å². The summed E-state index contributed by atoms with van der Waals surface area (Å²) in [4.78, 5) is 5.21. The standard InChI is InChI=1S/C60H61BN2S/c1-57(2,3)40-22-28-44(29-23-40)62-50-32-26-43(60(10,11)12)37-49(50)61-54-51(62)34-39(47-21-17-16-20-46(47)38-18-14-13-15-19-38)35-52(54)63(45-30-24-41(25-31-45)58(4,5)6)55-48-36-42(59(7,8)9)27-33-53(48)64-56(55)61/h13-37H,1-12H3. The topological polar surface area (TPSA) is 6.48 Å². The number of benzene rings is 7. The van der Waals surface area contributed by atoms with Gasteiger partial charge in [0.2, 0.25) is 0 Å². The SMILES string of the molecule is CC(C)(C)c1ccc(N2c3ccc(C(C)(C)C)cc3B3c4sc5ccc(C(C)(C)C)cc5c4N(c4ccc(C(C)(C)C)cc4)c4cc(-c5ccccc5-c5ccccc5)cc2c43)cc1. The van der Waals surface area contributed by atoms with Crippen molar-refractivity contribution >= 4 is 78.0 Å². The van der Waals surface area contributed by atoms with E-state index >= 15 is 0 Å². The molecule has 64 heavy (non-hydrogen) atoms. The molecule has 0 spiro atoms. The van der Waals surface area contributed by atoms with E-state index in [-0.39, 0.29) is 28.4 Å². The van der Waals surface area contributed by atoms with E-state index in [0.29, 0.717) is 0 Å². The number of fused-ring (bicyclic) bond motifs is 6. The van der Waals surface area contributed by atoms with Gasteiger partial charge in [-0.2, -0.15) is 0 Å². The van der Waals surface area contributed by atoms with Gasteiger partial charge in [0.15, 0.2) is 0 Å². The van der Waals surface area contributed by atoms with Crippen molar-refractivity contribution in [3.8, 4) is 22.3 Å². The fourth-order valence-corrected chi connectivity index (χ4v) is 11.2. The largest absolute Gasteiger partial charge is 0.311 e. The summed E-state index contributed by atoms with van der Waals surface area (Å²) in [5.74, 6) is 0. The third-order valence-corrected chi connectivity index (χ3v) is 14.9. The lowest BCUT2D eigenvalue weighted by Crippen LogP contribution is -2.60. The van der Waals surface area contributed by atoms with Crippen LogP contribution in [-0.4, -0.2) is 6.71 Å².